The van der Waals surface area contributed by atoms with Crippen LogP contribution in [0.4, 0.5) is 9.59 Å². The number of fused-ring (bicyclic) bond motifs is 2. The molecule has 9 rings (SSSR count). The maximum Gasteiger partial charge on any atom is 0.410 e. The van der Waals surface area contributed by atoms with E-state index in [1.54, 1.807) is 0 Å². The third kappa shape index (κ3) is 8.12. The first kappa shape index (κ1) is 38.7. The molecule has 2 N–H and O–H groups in total. The molecule has 306 valence electrons. The Kier molecular flexibility index (Phi) is 9.88. The number of ether oxygens (including phenoxy) is 3. The van der Waals surface area contributed by atoms with Crippen molar-refractivity contribution in [3.63, 3.8) is 0 Å². The first-order valence-corrected chi connectivity index (χ1v) is 21.0. The number of hydrogen-bond acceptors (Lipinski definition) is 7. The van der Waals surface area contributed by atoms with Crippen LogP contribution in [-0.4, -0.2) is 66.2 Å². The number of rotatable bonds is 8. The number of carbonyl (C=O) groups is 2. The number of nitrogens with one attached hydrogen (secondary N) is 2. The third-order valence-corrected chi connectivity index (χ3v) is 11.7. The van der Waals surface area contributed by atoms with Crippen LogP contribution in [0.25, 0.3) is 22.1 Å². The monoisotopic (exact) mass is 794 g/mol. The van der Waals surface area contributed by atoms with Crippen LogP contribution in [0.15, 0.2) is 91.0 Å². The molecule has 1 aliphatic carbocycles. The molecule has 4 aromatic carbocycles. The molecule has 0 radical (unpaired) electrons. The lowest BCUT2D eigenvalue weighted by atomic mass is 10.0. The number of nitrogens with zero attached hydrogens (tertiary/aromatic N) is 4. The van der Waals surface area contributed by atoms with Crippen molar-refractivity contribution in [1.82, 2.24) is 29.7 Å². The molecule has 1 saturated carbocycles. The number of imidazole rings is 2. The fraction of sp³-hybridized carbons (Fsp3) is 0.417. The van der Waals surface area contributed by atoms with Gasteiger partial charge >= 0.3 is 12.2 Å². The normalized spacial score (nSPS) is 22.0. The van der Waals surface area contributed by atoms with Crippen molar-refractivity contribution >= 4 is 34.3 Å². The Morgan fingerprint density at radius 2 is 1.08 bits per heavy atom. The van der Waals surface area contributed by atoms with E-state index in [0.29, 0.717) is 19.7 Å². The summed E-state index contributed by atoms with van der Waals surface area (Å²) in [6, 6.07) is 31.6. The van der Waals surface area contributed by atoms with Gasteiger partial charge in [0.1, 0.15) is 35.2 Å². The molecule has 2 saturated heterocycles. The topological polar surface area (TPSA) is 126 Å². The maximum absolute atomic E-state index is 13.1. The van der Waals surface area contributed by atoms with E-state index in [1.807, 2.05) is 69.5 Å². The number of aromatic amines is 2. The largest absolute Gasteiger partial charge is 0.489 e. The lowest BCUT2D eigenvalue weighted by Crippen LogP contribution is -2.36. The van der Waals surface area contributed by atoms with Crippen molar-refractivity contribution in [2.45, 2.75) is 115 Å². The first-order chi connectivity index (χ1) is 28.3. The van der Waals surface area contributed by atoms with Crippen LogP contribution in [0.2, 0.25) is 0 Å². The molecule has 2 amide bonds. The van der Waals surface area contributed by atoms with E-state index in [9.17, 15) is 9.59 Å². The summed E-state index contributed by atoms with van der Waals surface area (Å²) in [7, 11) is 0. The second-order valence-corrected chi connectivity index (χ2v) is 18.4. The molecule has 4 unspecified atom stereocenters. The average Bonchev–Trinajstić information content (AvgIpc) is 3.75. The number of carbonyl (C=O) groups excluding carboxylic acids is 2. The molecule has 0 bridgehead atoms. The number of H-pyrrole nitrogens is 2. The summed E-state index contributed by atoms with van der Waals surface area (Å²) < 4.78 is 17.7. The van der Waals surface area contributed by atoms with Crippen molar-refractivity contribution < 1.29 is 23.8 Å². The molecule has 4 atom stereocenters. The zero-order chi connectivity index (χ0) is 41.1. The predicted molar refractivity (Wildman–Crippen MR) is 227 cm³/mol. The maximum atomic E-state index is 13.1. The predicted octanol–water partition coefficient (Wildman–Crippen LogP) is 10.8. The minimum absolute atomic E-state index is 0.156. The van der Waals surface area contributed by atoms with E-state index >= 15 is 0 Å². The molecule has 3 aliphatic rings. The van der Waals surface area contributed by atoms with Gasteiger partial charge in [-0.1, -0.05) is 54.6 Å². The summed E-state index contributed by atoms with van der Waals surface area (Å²) in [6.07, 6.45) is 2.87. The zero-order valence-corrected chi connectivity index (χ0v) is 34.8. The van der Waals surface area contributed by atoms with Gasteiger partial charge in [0.05, 0.1) is 34.2 Å². The van der Waals surface area contributed by atoms with Gasteiger partial charge in [-0.3, -0.25) is 9.80 Å². The van der Waals surface area contributed by atoms with Crippen LogP contribution in [-0.2, 0) is 16.1 Å². The highest BCUT2D eigenvalue weighted by Gasteiger charge is 2.52. The summed E-state index contributed by atoms with van der Waals surface area (Å²) in [6.45, 7) is 13.2. The van der Waals surface area contributed by atoms with E-state index in [1.165, 1.54) is 16.7 Å². The lowest BCUT2D eigenvalue weighted by molar-refractivity contribution is 0.0208. The summed E-state index contributed by atoms with van der Waals surface area (Å²) in [5.41, 5.74) is 7.39. The highest BCUT2D eigenvalue weighted by molar-refractivity contribution is 5.79. The van der Waals surface area contributed by atoms with E-state index in [0.717, 1.165) is 70.7 Å². The Labute approximate surface area is 345 Å². The van der Waals surface area contributed by atoms with Gasteiger partial charge in [-0.15, -0.1) is 0 Å². The van der Waals surface area contributed by atoms with Crippen molar-refractivity contribution in [3.05, 3.63) is 125 Å². The highest BCUT2D eigenvalue weighted by atomic mass is 16.6. The van der Waals surface area contributed by atoms with Gasteiger partial charge in [-0.2, -0.15) is 0 Å². The molecule has 59 heavy (non-hydrogen) atoms. The van der Waals surface area contributed by atoms with Crippen LogP contribution >= 0.6 is 0 Å². The van der Waals surface area contributed by atoms with Gasteiger partial charge < -0.3 is 24.2 Å². The molecule has 2 aliphatic heterocycles. The Morgan fingerprint density at radius 3 is 1.56 bits per heavy atom. The van der Waals surface area contributed by atoms with E-state index in [4.69, 9.17) is 24.2 Å². The smallest absolute Gasteiger partial charge is 0.410 e. The molecule has 11 nitrogen and oxygen atoms in total. The summed E-state index contributed by atoms with van der Waals surface area (Å²) in [5.74, 6) is 3.08. The van der Waals surface area contributed by atoms with Gasteiger partial charge in [0.25, 0.3) is 0 Å². The fourth-order valence-corrected chi connectivity index (χ4v) is 9.09. The Balaban J connectivity index is 1.01. The van der Waals surface area contributed by atoms with Crippen molar-refractivity contribution in [3.8, 4) is 5.75 Å². The number of aromatic nitrogens is 4. The van der Waals surface area contributed by atoms with Gasteiger partial charge in [0, 0.05) is 13.1 Å². The molecule has 4 heterocycles. The number of amides is 2. The molecule has 6 aromatic rings. The minimum atomic E-state index is -0.566. The van der Waals surface area contributed by atoms with Crippen LogP contribution < -0.4 is 4.74 Å². The van der Waals surface area contributed by atoms with Crippen LogP contribution in [0, 0.1) is 0 Å². The summed E-state index contributed by atoms with van der Waals surface area (Å²) in [4.78, 5) is 47.1. The lowest BCUT2D eigenvalue weighted by Gasteiger charge is -2.27. The van der Waals surface area contributed by atoms with Crippen LogP contribution in [0.1, 0.15) is 131 Å². The number of hydrogen-bond donors (Lipinski definition) is 2. The van der Waals surface area contributed by atoms with Gasteiger partial charge in [-0.05, 0) is 144 Å². The van der Waals surface area contributed by atoms with Gasteiger partial charge in [0.15, 0.2) is 0 Å². The Morgan fingerprint density at radius 1 is 0.627 bits per heavy atom. The van der Waals surface area contributed by atoms with E-state index < -0.39 is 11.2 Å². The van der Waals surface area contributed by atoms with Crippen molar-refractivity contribution in [2.24, 2.45) is 0 Å². The average molecular weight is 795 g/mol. The second-order valence-electron chi connectivity index (χ2n) is 18.4. The fourth-order valence-electron chi connectivity index (χ4n) is 9.09. The van der Waals surface area contributed by atoms with Gasteiger partial charge in [-0.25, -0.2) is 19.6 Å². The quantitative estimate of drug-likeness (QED) is 0.157. The SMILES string of the molecule is CC(C)(C)OC(=O)N1CCCC1c1nc2ccc(C3C(c4ccc(OCc5ccccc5)cc4)C3c3ccc4nc(C5CCCN5C(=O)OC(C)(C)C)[nH]c4c3)cc2[nH]1. The first-order valence-electron chi connectivity index (χ1n) is 21.0. The molecule has 2 aromatic heterocycles. The summed E-state index contributed by atoms with van der Waals surface area (Å²) >= 11 is 0. The molecular weight excluding hydrogens is 741 g/mol. The van der Waals surface area contributed by atoms with Crippen molar-refractivity contribution in [2.75, 3.05) is 13.1 Å². The van der Waals surface area contributed by atoms with Crippen molar-refractivity contribution in [1.29, 1.82) is 0 Å². The van der Waals surface area contributed by atoms with Crippen LogP contribution in [0.3, 0.4) is 0 Å². The molecular formula is C48H54N6O5. The molecule has 0 spiro atoms. The Bertz CT molecular complexity index is 2350. The minimum Gasteiger partial charge on any atom is -0.489 e. The number of benzene rings is 4. The number of likely N-dealkylation sites (tertiary alicyclic amines) is 2. The standard InChI is InChI=1S/C48H54N6O5/c1-47(2,3)58-45(55)53-24-10-14-38(53)43-49-34-22-18-31(26-36(34)51-43)41-40(30-16-20-33(21-17-30)57-28-29-12-8-7-9-13-29)42(41)32-19-23-35-37(27-32)52-44(50-35)39-15-11-25-54(39)46(56)59-48(4,5)6/h7-9,12-13,16-23,26-27,38-42H,10-11,14-15,24-25,28H2,1-6H3,(H,49,51)(H,50,52). The Hall–Kier alpha value is -5.84. The van der Waals surface area contributed by atoms with E-state index in [-0.39, 0.29) is 42.0 Å². The van der Waals surface area contributed by atoms with E-state index in [2.05, 4.69) is 82.8 Å². The highest BCUT2D eigenvalue weighted by Crippen LogP contribution is 2.66. The second kappa shape index (κ2) is 15.1. The molecule has 3 fully saturated rings. The molecule has 11 heteroatoms. The van der Waals surface area contributed by atoms with Gasteiger partial charge in [0.2, 0.25) is 0 Å². The zero-order valence-electron chi connectivity index (χ0n) is 34.8. The van der Waals surface area contributed by atoms with Crippen LogP contribution in [0.5, 0.6) is 5.75 Å². The third-order valence-electron chi connectivity index (χ3n) is 11.7. The summed E-state index contributed by atoms with van der Waals surface area (Å²) in [5, 5.41) is 0.